The van der Waals surface area contributed by atoms with Crippen molar-refractivity contribution < 1.29 is 0 Å². The van der Waals surface area contributed by atoms with E-state index in [4.69, 9.17) is 0 Å². The van der Waals surface area contributed by atoms with Gasteiger partial charge in [0.1, 0.15) is 0 Å². The van der Waals surface area contributed by atoms with E-state index in [2.05, 4.69) is 56.8 Å². The van der Waals surface area contributed by atoms with E-state index in [-0.39, 0.29) is 5.41 Å². The molecule has 1 N–H and O–H groups in total. The Bertz CT molecular complexity index is 199. The molecular formula is C12H24N2. The minimum absolute atomic E-state index is 0.229. The Labute approximate surface area is 88.7 Å². The molecule has 0 amide bonds. The van der Waals surface area contributed by atoms with Gasteiger partial charge in [-0.05, 0) is 18.5 Å². The SMILES string of the molecule is C=C(/C=C\C(C)(C)C)N(C)CCNC. The van der Waals surface area contributed by atoms with Crippen molar-refractivity contribution in [3.8, 4) is 0 Å². The van der Waals surface area contributed by atoms with E-state index < -0.39 is 0 Å². The maximum Gasteiger partial charge on any atom is 0.0299 e. The summed E-state index contributed by atoms with van der Waals surface area (Å²) in [6, 6.07) is 0. The van der Waals surface area contributed by atoms with Gasteiger partial charge >= 0.3 is 0 Å². The molecule has 0 aromatic heterocycles. The first kappa shape index (κ1) is 13.2. The molecule has 0 aromatic carbocycles. The molecule has 2 nitrogen and oxygen atoms in total. The minimum atomic E-state index is 0.229. The van der Waals surface area contributed by atoms with Crippen molar-refractivity contribution in [3.63, 3.8) is 0 Å². The fraction of sp³-hybridized carbons (Fsp3) is 0.667. The number of nitrogens with zero attached hydrogens (tertiary/aromatic N) is 1. The van der Waals surface area contributed by atoms with Gasteiger partial charge < -0.3 is 10.2 Å². The third-order valence-corrected chi connectivity index (χ3v) is 1.96. The van der Waals surface area contributed by atoms with Crippen LogP contribution in [0.15, 0.2) is 24.4 Å². The molecule has 0 aliphatic heterocycles. The second-order valence-corrected chi connectivity index (χ2v) is 4.72. The Hall–Kier alpha value is -0.760. The molecule has 0 unspecified atom stereocenters. The van der Waals surface area contributed by atoms with E-state index in [0.717, 1.165) is 18.8 Å². The van der Waals surface area contributed by atoms with Crippen LogP contribution in [0, 0.1) is 5.41 Å². The molecule has 0 radical (unpaired) electrons. The van der Waals surface area contributed by atoms with Crippen LogP contribution in [0.4, 0.5) is 0 Å². The maximum absolute atomic E-state index is 4.02. The van der Waals surface area contributed by atoms with Crippen molar-refractivity contribution in [2.24, 2.45) is 5.41 Å². The van der Waals surface area contributed by atoms with Crippen LogP contribution >= 0.6 is 0 Å². The first-order valence-corrected chi connectivity index (χ1v) is 5.10. The number of hydrogen-bond donors (Lipinski definition) is 1. The van der Waals surface area contributed by atoms with E-state index in [1.54, 1.807) is 0 Å². The molecule has 0 atom stereocenters. The fourth-order valence-electron chi connectivity index (χ4n) is 0.897. The van der Waals surface area contributed by atoms with Crippen molar-refractivity contribution in [2.45, 2.75) is 20.8 Å². The molecule has 0 heterocycles. The van der Waals surface area contributed by atoms with Gasteiger partial charge in [-0.1, -0.05) is 33.4 Å². The summed E-state index contributed by atoms with van der Waals surface area (Å²) in [5.41, 5.74) is 1.29. The normalized spacial score (nSPS) is 12.1. The van der Waals surface area contributed by atoms with Crippen LogP contribution < -0.4 is 5.32 Å². The summed E-state index contributed by atoms with van der Waals surface area (Å²) in [4.78, 5) is 2.15. The summed E-state index contributed by atoms with van der Waals surface area (Å²) >= 11 is 0. The molecular weight excluding hydrogens is 172 g/mol. The third kappa shape index (κ3) is 6.72. The minimum Gasteiger partial charge on any atom is -0.374 e. The van der Waals surface area contributed by atoms with Crippen LogP contribution in [-0.4, -0.2) is 32.1 Å². The van der Waals surface area contributed by atoms with Gasteiger partial charge in [-0.15, -0.1) is 0 Å². The van der Waals surface area contributed by atoms with Gasteiger partial charge in [0.2, 0.25) is 0 Å². The molecule has 0 aliphatic carbocycles. The molecule has 0 fully saturated rings. The lowest BCUT2D eigenvalue weighted by Gasteiger charge is -2.20. The van der Waals surface area contributed by atoms with Crippen LogP contribution in [0.25, 0.3) is 0 Å². The first-order valence-electron chi connectivity index (χ1n) is 5.10. The summed E-state index contributed by atoms with van der Waals surface area (Å²) in [7, 11) is 4.02. The highest BCUT2D eigenvalue weighted by Crippen LogP contribution is 2.16. The van der Waals surface area contributed by atoms with Crippen molar-refractivity contribution in [1.82, 2.24) is 10.2 Å². The van der Waals surface area contributed by atoms with Crippen LogP contribution in [0.1, 0.15) is 20.8 Å². The Morgan fingerprint density at radius 2 is 2.00 bits per heavy atom. The largest absolute Gasteiger partial charge is 0.374 e. The predicted octanol–water partition coefficient (Wildman–Crippen LogP) is 2.25. The number of rotatable bonds is 5. The molecule has 14 heavy (non-hydrogen) atoms. The molecule has 0 aliphatic rings. The van der Waals surface area contributed by atoms with Crippen LogP contribution in [0.5, 0.6) is 0 Å². The third-order valence-electron chi connectivity index (χ3n) is 1.96. The molecule has 0 rings (SSSR count). The fourth-order valence-corrected chi connectivity index (χ4v) is 0.897. The lowest BCUT2D eigenvalue weighted by molar-refractivity contribution is 0.427. The van der Waals surface area contributed by atoms with Gasteiger partial charge in [-0.2, -0.15) is 0 Å². The van der Waals surface area contributed by atoms with E-state index in [1.807, 2.05) is 7.05 Å². The lowest BCUT2D eigenvalue weighted by atomic mass is 9.96. The van der Waals surface area contributed by atoms with Crippen molar-refractivity contribution >= 4 is 0 Å². The van der Waals surface area contributed by atoms with Crippen LogP contribution in [0.3, 0.4) is 0 Å². The summed E-state index contributed by atoms with van der Waals surface area (Å²) in [5.74, 6) is 0. The topological polar surface area (TPSA) is 15.3 Å². The summed E-state index contributed by atoms with van der Waals surface area (Å²) in [5, 5.41) is 3.12. The van der Waals surface area contributed by atoms with Crippen molar-refractivity contribution in [1.29, 1.82) is 0 Å². The Morgan fingerprint density at radius 1 is 1.43 bits per heavy atom. The summed E-state index contributed by atoms with van der Waals surface area (Å²) in [6.07, 6.45) is 4.28. The average Bonchev–Trinajstić information content (AvgIpc) is 2.09. The standard InChI is InChI=1S/C12H24N2/c1-11(7-8-12(2,3)4)14(6)10-9-13-5/h7-8,13H,1,9-10H2,2-6H3/b8-7-. The zero-order chi connectivity index (χ0) is 11.2. The van der Waals surface area contributed by atoms with E-state index >= 15 is 0 Å². The van der Waals surface area contributed by atoms with Crippen LogP contribution in [0.2, 0.25) is 0 Å². The molecule has 2 heteroatoms. The second kappa shape index (κ2) is 5.86. The highest BCUT2D eigenvalue weighted by Gasteiger charge is 2.04. The molecule has 0 saturated heterocycles. The van der Waals surface area contributed by atoms with Gasteiger partial charge in [-0.25, -0.2) is 0 Å². The quantitative estimate of drug-likeness (QED) is 0.679. The summed E-state index contributed by atoms with van der Waals surface area (Å²) in [6.45, 7) is 12.6. The molecule has 0 bridgehead atoms. The van der Waals surface area contributed by atoms with Crippen molar-refractivity contribution in [3.05, 3.63) is 24.4 Å². The maximum atomic E-state index is 4.02. The average molecular weight is 196 g/mol. The number of hydrogen-bond acceptors (Lipinski definition) is 2. The number of allylic oxidation sites excluding steroid dienone is 2. The number of nitrogens with one attached hydrogen (secondary N) is 1. The highest BCUT2D eigenvalue weighted by atomic mass is 15.1. The van der Waals surface area contributed by atoms with E-state index in [9.17, 15) is 0 Å². The summed E-state index contributed by atoms with van der Waals surface area (Å²) < 4.78 is 0. The Balaban J connectivity index is 4.01. The smallest absolute Gasteiger partial charge is 0.0299 e. The van der Waals surface area contributed by atoms with Gasteiger partial charge in [0.25, 0.3) is 0 Å². The number of likely N-dealkylation sites (N-methyl/N-ethyl adjacent to an activating group) is 2. The predicted molar refractivity (Wildman–Crippen MR) is 64.3 cm³/mol. The van der Waals surface area contributed by atoms with E-state index in [1.165, 1.54) is 0 Å². The molecule has 0 spiro atoms. The Morgan fingerprint density at radius 3 is 2.43 bits per heavy atom. The molecule has 82 valence electrons. The van der Waals surface area contributed by atoms with Gasteiger partial charge in [0.15, 0.2) is 0 Å². The van der Waals surface area contributed by atoms with Gasteiger partial charge in [-0.3, -0.25) is 0 Å². The van der Waals surface area contributed by atoms with Crippen molar-refractivity contribution in [2.75, 3.05) is 27.2 Å². The monoisotopic (exact) mass is 196 g/mol. The van der Waals surface area contributed by atoms with Crippen LogP contribution in [-0.2, 0) is 0 Å². The van der Waals surface area contributed by atoms with E-state index in [0.29, 0.717) is 0 Å². The van der Waals surface area contributed by atoms with Gasteiger partial charge in [0.05, 0.1) is 0 Å². The Kier molecular flexibility index (Phi) is 5.55. The zero-order valence-corrected chi connectivity index (χ0v) is 10.2. The molecule has 0 aromatic rings. The van der Waals surface area contributed by atoms with Gasteiger partial charge in [0, 0.05) is 25.8 Å². The second-order valence-electron chi connectivity index (χ2n) is 4.72. The molecule has 0 saturated carbocycles. The first-order chi connectivity index (χ1) is 6.37. The lowest BCUT2D eigenvalue weighted by Crippen LogP contribution is -2.26. The zero-order valence-electron chi connectivity index (χ0n) is 10.2. The highest BCUT2D eigenvalue weighted by molar-refractivity contribution is 5.14.